The lowest BCUT2D eigenvalue weighted by Gasteiger charge is -2.21. The second-order valence-corrected chi connectivity index (χ2v) is 6.90. The number of fused-ring (bicyclic) bond motifs is 1. The number of benzene rings is 1. The van der Waals surface area contributed by atoms with E-state index in [1.165, 1.54) is 15.0 Å². The molecule has 0 saturated carbocycles. The molecule has 1 aliphatic heterocycles. The lowest BCUT2D eigenvalue weighted by molar-refractivity contribution is 0.0279. The van der Waals surface area contributed by atoms with Crippen molar-refractivity contribution in [1.29, 1.82) is 0 Å². The number of hydrogen-bond acceptors (Lipinski definition) is 3. The maximum absolute atomic E-state index is 6.08. The van der Waals surface area contributed by atoms with E-state index in [2.05, 4.69) is 49.5 Å². The van der Waals surface area contributed by atoms with Gasteiger partial charge < -0.3 is 10.1 Å². The number of nitrogens with one attached hydrogen (secondary N) is 1. The Morgan fingerprint density at radius 3 is 3.00 bits per heavy atom. The van der Waals surface area contributed by atoms with Crippen molar-refractivity contribution in [3.05, 3.63) is 35.2 Å². The van der Waals surface area contributed by atoms with Crippen molar-refractivity contribution in [2.24, 2.45) is 5.41 Å². The topological polar surface area (TPSA) is 21.3 Å². The zero-order valence-electron chi connectivity index (χ0n) is 10.9. The lowest BCUT2D eigenvalue weighted by Crippen LogP contribution is -2.29. The van der Waals surface area contributed by atoms with E-state index in [4.69, 9.17) is 4.74 Å². The van der Waals surface area contributed by atoms with Gasteiger partial charge in [0.2, 0.25) is 0 Å². The quantitative estimate of drug-likeness (QED) is 0.847. The van der Waals surface area contributed by atoms with Gasteiger partial charge >= 0.3 is 0 Å². The van der Waals surface area contributed by atoms with Gasteiger partial charge in [-0.15, -0.1) is 11.3 Å². The van der Waals surface area contributed by atoms with Crippen molar-refractivity contribution >= 4 is 21.4 Å². The minimum atomic E-state index is 0.198. The molecule has 2 heterocycles. The molecule has 0 aliphatic carbocycles. The summed E-state index contributed by atoms with van der Waals surface area (Å²) in [5, 5.41) is 4.84. The molecule has 1 atom stereocenters. The minimum absolute atomic E-state index is 0.198. The van der Waals surface area contributed by atoms with Gasteiger partial charge in [0.15, 0.2) is 0 Å². The van der Waals surface area contributed by atoms with Gasteiger partial charge in [-0.05, 0) is 17.5 Å². The van der Waals surface area contributed by atoms with Gasteiger partial charge in [0.1, 0.15) is 6.10 Å². The molecule has 1 unspecified atom stereocenters. The van der Waals surface area contributed by atoms with Crippen LogP contribution in [0.25, 0.3) is 10.1 Å². The summed E-state index contributed by atoms with van der Waals surface area (Å²) in [5.74, 6) is 0. The standard InChI is InChI=1S/C15H19NOS/c1-15(2)9-16-8-12(17-10-15)14-7-11-5-3-4-6-13(11)18-14/h3-7,12,16H,8-10H2,1-2H3. The minimum Gasteiger partial charge on any atom is -0.371 e. The third kappa shape index (κ3) is 2.44. The summed E-state index contributed by atoms with van der Waals surface area (Å²) in [6.45, 7) is 7.24. The molecule has 1 N–H and O–H groups in total. The Labute approximate surface area is 112 Å². The molecule has 0 spiro atoms. The fraction of sp³-hybridized carbons (Fsp3) is 0.467. The van der Waals surface area contributed by atoms with Crippen molar-refractivity contribution < 1.29 is 4.74 Å². The van der Waals surface area contributed by atoms with Gasteiger partial charge in [-0.1, -0.05) is 32.0 Å². The van der Waals surface area contributed by atoms with Crippen LogP contribution < -0.4 is 5.32 Å². The van der Waals surface area contributed by atoms with Crippen LogP contribution in [0.1, 0.15) is 24.8 Å². The smallest absolute Gasteiger partial charge is 0.104 e. The molecular weight excluding hydrogens is 242 g/mol. The number of ether oxygens (including phenoxy) is 1. The average Bonchev–Trinajstić information content (AvgIpc) is 2.68. The van der Waals surface area contributed by atoms with Crippen LogP contribution in [0.4, 0.5) is 0 Å². The average molecular weight is 261 g/mol. The third-order valence-electron chi connectivity index (χ3n) is 3.37. The molecule has 96 valence electrons. The summed E-state index contributed by atoms with van der Waals surface area (Å²) >= 11 is 1.85. The van der Waals surface area contributed by atoms with Gasteiger partial charge in [0, 0.05) is 28.1 Å². The van der Waals surface area contributed by atoms with E-state index in [9.17, 15) is 0 Å². The second-order valence-electron chi connectivity index (χ2n) is 5.78. The molecule has 1 aromatic heterocycles. The highest BCUT2D eigenvalue weighted by Gasteiger charge is 2.26. The van der Waals surface area contributed by atoms with E-state index in [1.54, 1.807) is 0 Å². The van der Waals surface area contributed by atoms with Gasteiger partial charge in [-0.25, -0.2) is 0 Å². The van der Waals surface area contributed by atoms with Crippen LogP contribution in [0.15, 0.2) is 30.3 Å². The monoisotopic (exact) mass is 261 g/mol. The summed E-state index contributed by atoms with van der Waals surface area (Å²) in [6.07, 6.45) is 0.198. The second kappa shape index (κ2) is 4.65. The van der Waals surface area contributed by atoms with E-state index >= 15 is 0 Å². The first kappa shape index (κ1) is 12.2. The zero-order valence-corrected chi connectivity index (χ0v) is 11.7. The van der Waals surface area contributed by atoms with Crippen LogP contribution in [-0.2, 0) is 4.74 Å². The molecule has 0 amide bonds. The van der Waals surface area contributed by atoms with Crippen LogP contribution in [-0.4, -0.2) is 19.7 Å². The van der Waals surface area contributed by atoms with E-state index in [-0.39, 0.29) is 11.5 Å². The van der Waals surface area contributed by atoms with Crippen LogP contribution in [0.2, 0.25) is 0 Å². The lowest BCUT2D eigenvalue weighted by atomic mass is 9.95. The molecule has 2 nitrogen and oxygen atoms in total. The Morgan fingerprint density at radius 2 is 2.17 bits per heavy atom. The maximum Gasteiger partial charge on any atom is 0.104 e. The first-order valence-electron chi connectivity index (χ1n) is 6.45. The molecule has 3 rings (SSSR count). The predicted octanol–water partition coefficient (Wildman–Crippen LogP) is 3.59. The number of hydrogen-bond donors (Lipinski definition) is 1. The fourth-order valence-electron chi connectivity index (χ4n) is 2.32. The Bertz CT molecular complexity index is 513. The molecule has 0 radical (unpaired) electrons. The van der Waals surface area contributed by atoms with E-state index in [0.29, 0.717) is 0 Å². The van der Waals surface area contributed by atoms with Gasteiger partial charge in [0.25, 0.3) is 0 Å². The van der Waals surface area contributed by atoms with Gasteiger partial charge in [-0.3, -0.25) is 0 Å². The Kier molecular flexibility index (Phi) is 3.14. The van der Waals surface area contributed by atoms with Crippen LogP contribution in [0.3, 0.4) is 0 Å². The van der Waals surface area contributed by atoms with E-state index in [1.807, 2.05) is 11.3 Å². The van der Waals surface area contributed by atoms with Crippen LogP contribution in [0, 0.1) is 5.41 Å². The predicted molar refractivity (Wildman–Crippen MR) is 77.2 cm³/mol. The van der Waals surface area contributed by atoms with Crippen molar-refractivity contribution in [3.63, 3.8) is 0 Å². The summed E-state index contributed by atoms with van der Waals surface area (Å²) < 4.78 is 7.43. The zero-order chi connectivity index (χ0) is 12.6. The number of thiophene rings is 1. The normalized spacial score (nSPS) is 24.0. The first-order valence-corrected chi connectivity index (χ1v) is 7.26. The molecular formula is C15H19NOS. The molecule has 0 bridgehead atoms. The first-order chi connectivity index (χ1) is 8.64. The largest absolute Gasteiger partial charge is 0.371 e. The highest BCUT2D eigenvalue weighted by atomic mass is 32.1. The maximum atomic E-state index is 6.08. The van der Waals surface area contributed by atoms with Crippen molar-refractivity contribution in [1.82, 2.24) is 5.32 Å². The highest BCUT2D eigenvalue weighted by molar-refractivity contribution is 7.19. The van der Waals surface area contributed by atoms with Crippen molar-refractivity contribution in [2.45, 2.75) is 20.0 Å². The fourth-order valence-corrected chi connectivity index (χ4v) is 3.44. The van der Waals surface area contributed by atoms with E-state index in [0.717, 1.165) is 19.7 Å². The third-order valence-corrected chi connectivity index (χ3v) is 4.58. The molecule has 2 aromatic rings. The van der Waals surface area contributed by atoms with Crippen molar-refractivity contribution in [2.75, 3.05) is 19.7 Å². The SMILES string of the molecule is CC1(C)CNCC(c2cc3ccccc3s2)OC1. The van der Waals surface area contributed by atoms with E-state index < -0.39 is 0 Å². The summed E-state index contributed by atoms with van der Waals surface area (Å²) in [5.41, 5.74) is 0.228. The summed E-state index contributed by atoms with van der Waals surface area (Å²) in [4.78, 5) is 1.33. The highest BCUT2D eigenvalue weighted by Crippen LogP contribution is 2.33. The molecule has 3 heteroatoms. The summed E-state index contributed by atoms with van der Waals surface area (Å²) in [6, 6.07) is 10.8. The van der Waals surface area contributed by atoms with Gasteiger partial charge in [0.05, 0.1) is 6.61 Å². The summed E-state index contributed by atoms with van der Waals surface area (Å²) in [7, 11) is 0. The number of rotatable bonds is 1. The van der Waals surface area contributed by atoms with Crippen molar-refractivity contribution in [3.8, 4) is 0 Å². The molecule has 1 saturated heterocycles. The molecule has 1 aliphatic rings. The van der Waals surface area contributed by atoms with Gasteiger partial charge in [-0.2, -0.15) is 0 Å². The van der Waals surface area contributed by atoms with Crippen LogP contribution in [0.5, 0.6) is 0 Å². The Balaban J connectivity index is 1.85. The Hall–Kier alpha value is -0.900. The van der Waals surface area contributed by atoms with Crippen LogP contribution >= 0.6 is 11.3 Å². The molecule has 1 fully saturated rings. The molecule has 18 heavy (non-hydrogen) atoms. The molecule has 1 aromatic carbocycles. The Morgan fingerprint density at radius 1 is 1.33 bits per heavy atom.